The molecule has 2 amide bonds. The highest BCUT2D eigenvalue weighted by Gasteiger charge is 2.40. The number of sulfonamides is 1. The fourth-order valence-electron chi connectivity index (χ4n) is 5.60. The van der Waals surface area contributed by atoms with Crippen LogP contribution in [0.5, 0.6) is 5.75 Å². The van der Waals surface area contributed by atoms with E-state index >= 15 is 0 Å². The fourth-order valence-corrected chi connectivity index (χ4v) is 8.12. The number of para-hydroxylation sites is 1. The van der Waals surface area contributed by atoms with Gasteiger partial charge >= 0.3 is 0 Å². The zero-order chi connectivity index (χ0) is 33.7. The van der Waals surface area contributed by atoms with Crippen LogP contribution in [0, 0.1) is 25.2 Å². The van der Waals surface area contributed by atoms with E-state index in [0.29, 0.717) is 47.2 Å². The lowest BCUT2D eigenvalue weighted by atomic mass is 10.1. The van der Waals surface area contributed by atoms with E-state index in [0.717, 1.165) is 16.6 Å². The lowest BCUT2D eigenvalue weighted by molar-refractivity contribution is -0.124. The van der Waals surface area contributed by atoms with Crippen LogP contribution in [-0.2, 0) is 21.4 Å². The Morgan fingerprint density at radius 2 is 1.83 bits per heavy atom. The molecule has 1 fully saturated rings. The summed E-state index contributed by atoms with van der Waals surface area (Å²) >= 11 is 13.2. The zero-order valence-corrected chi connectivity index (χ0v) is 28.2. The number of aryl methyl sites for hydroxylation is 2. The monoisotopic (exact) mass is 693 g/mol. The Morgan fingerprint density at radius 3 is 2.62 bits per heavy atom. The number of nitrogens with one attached hydrogen (secondary N) is 2. The van der Waals surface area contributed by atoms with Crippen molar-refractivity contribution in [1.82, 2.24) is 19.9 Å². The van der Waals surface area contributed by atoms with Crippen LogP contribution in [0.4, 0.5) is 0 Å². The van der Waals surface area contributed by atoms with E-state index in [1.54, 1.807) is 24.3 Å². The summed E-state index contributed by atoms with van der Waals surface area (Å²) in [6, 6.07) is 17.8. The maximum Gasteiger partial charge on any atom is 0.251 e. The maximum absolute atomic E-state index is 13.9. The van der Waals surface area contributed by atoms with E-state index in [2.05, 4.69) is 15.6 Å². The quantitative estimate of drug-likeness (QED) is 0.192. The molecule has 1 aliphatic rings. The Bertz CT molecular complexity index is 2000. The largest absolute Gasteiger partial charge is 0.487 e. The van der Waals surface area contributed by atoms with Crippen molar-refractivity contribution in [1.29, 1.82) is 5.26 Å². The van der Waals surface area contributed by atoms with Crippen LogP contribution in [0.15, 0.2) is 65.6 Å². The van der Waals surface area contributed by atoms with E-state index in [1.165, 1.54) is 22.5 Å². The standard InChI is InChI=1S/C34H33Cl2N5O5S/c1-21-17-22(2)40-32-25(21)9-4-11-29(32)46-20-26-27(35)12-13-30(31(26)36)47(44,45)41-16-5-10-28(41)34(43)39-15-6-14-38-33(42)24-8-3-7-23(18-24)19-37/h3-4,7-9,11-13,17-18,28H,5-6,10,14-16,20H2,1-2H3,(H,38,42)(H,39,43)/t28-/m0/s1. The number of nitriles is 1. The van der Waals surface area contributed by atoms with Crippen LogP contribution in [0.1, 0.15) is 52.0 Å². The molecule has 1 aliphatic heterocycles. The summed E-state index contributed by atoms with van der Waals surface area (Å²) in [5.41, 5.74) is 3.62. The van der Waals surface area contributed by atoms with E-state index in [9.17, 15) is 18.0 Å². The number of hydrogen-bond acceptors (Lipinski definition) is 7. The van der Waals surface area contributed by atoms with E-state index in [-0.39, 0.29) is 47.1 Å². The van der Waals surface area contributed by atoms with Crippen molar-refractivity contribution in [3.8, 4) is 11.8 Å². The molecule has 3 aromatic carbocycles. The van der Waals surface area contributed by atoms with Gasteiger partial charge in [-0.3, -0.25) is 9.59 Å². The highest BCUT2D eigenvalue weighted by molar-refractivity contribution is 7.89. The number of carbonyl (C=O) groups excluding carboxylic acids is 2. The van der Waals surface area contributed by atoms with Crippen molar-refractivity contribution in [2.45, 2.75) is 50.7 Å². The third-order valence-corrected chi connectivity index (χ3v) is 10.8. The van der Waals surface area contributed by atoms with Crippen molar-refractivity contribution >= 4 is 55.9 Å². The first kappa shape index (κ1) is 34.1. The minimum Gasteiger partial charge on any atom is -0.487 e. The fraction of sp³-hybridized carbons (Fsp3) is 0.294. The second-order valence-electron chi connectivity index (χ2n) is 11.2. The molecule has 0 bridgehead atoms. The molecule has 0 spiro atoms. The summed E-state index contributed by atoms with van der Waals surface area (Å²) in [5.74, 6) is -0.245. The number of halogens is 2. The highest BCUT2D eigenvalue weighted by Crippen LogP contribution is 2.36. The normalized spacial score (nSPS) is 14.9. The number of amides is 2. The summed E-state index contributed by atoms with van der Waals surface area (Å²) in [7, 11) is -4.18. The van der Waals surface area contributed by atoms with Crippen molar-refractivity contribution in [2.75, 3.05) is 19.6 Å². The third-order valence-electron chi connectivity index (χ3n) is 7.95. The van der Waals surface area contributed by atoms with E-state index in [1.807, 2.05) is 38.1 Å². The van der Waals surface area contributed by atoms with Crippen molar-refractivity contribution in [3.05, 3.63) is 98.7 Å². The molecule has 5 rings (SSSR count). The van der Waals surface area contributed by atoms with Crippen LogP contribution in [0.2, 0.25) is 10.0 Å². The van der Waals surface area contributed by atoms with Crippen LogP contribution < -0.4 is 15.4 Å². The first-order valence-electron chi connectivity index (χ1n) is 15.1. The number of benzene rings is 3. The van der Waals surface area contributed by atoms with Crippen LogP contribution in [0.25, 0.3) is 10.9 Å². The first-order chi connectivity index (χ1) is 22.5. The molecule has 2 heterocycles. The minimum atomic E-state index is -4.18. The molecule has 1 saturated heterocycles. The zero-order valence-electron chi connectivity index (χ0n) is 25.8. The Labute approximate surface area is 283 Å². The van der Waals surface area contributed by atoms with Crippen LogP contribution in [0.3, 0.4) is 0 Å². The van der Waals surface area contributed by atoms with Gasteiger partial charge in [0.1, 0.15) is 28.8 Å². The smallest absolute Gasteiger partial charge is 0.251 e. The summed E-state index contributed by atoms with van der Waals surface area (Å²) in [5, 5.41) is 15.7. The molecule has 2 N–H and O–H groups in total. The molecule has 1 atom stereocenters. The first-order valence-corrected chi connectivity index (χ1v) is 17.3. The van der Waals surface area contributed by atoms with Crippen molar-refractivity contribution in [3.63, 3.8) is 0 Å². The van der Waals surface area contributed by atoms with Crippen molar-refractivity contribution < 1.29 is 22.7 Å². The van der Waals surface area contributed by atoms with Gasteiger partial charge in [0, 0.05) is 46.9 Å². The molecule has 4 aromatic rings. The number of fused-ring (bicyclic) bond motifs is 1. The van der Waals surface area contributed by atoms with E-state index < -0.39 is 22.0 Å². The summed E-state index contributed by atoms with van der Waals surface area (Å²) < 4.78 is 35.1. The number of hydrogen-bond donors (Lipinski definition) is 2. The SMILES string of the molecule is Cc1cc(C)c2cccc(OCc3c(Cl)ccc(S(=O)(=O)N4CCC[C@H]4C(=O)NCCCNC(=O)c4cccc(C#N)c4)c3Cl)c2n1. The molecule has 0 radical (unpaired) electrons. The predicted octanol–water partition coefficient (Wildman–Crippen LogP) is 5.70. The van der Waals surface area contributed by atoms with Gasteiger partial charge in [-0.1, -0.05) is 41.4 Å². The second kappa shape index (κ2) is 14.7. The lowest BCUT2D eigenvalue weighted by Gasteiger charge is -2.24. The molecule has 0 aliphatic carbocycles. The van der Waals surface area contributed by atoms with Gasteiger partial charge in [0.2, 0.25) is 15.9 Å². The summed E-state index contributed by atoms with van der Waals surface area (Å²) in [6.07, 6.45) is 1.28. The Morgan fingerprint density at radius 1 is 1.06 bits per heavy atom. The number of carbonyl (C=O) groups is 2. The number of aromatic nitrogens is 1. The van der Waals surface area contributed by atoms with Gasteiger partial charge < -0.3 is 15.4 Å². The third kappa shape index (κ3) is 7.52. The molecule has 1 aromatic heterocycles. The maximum atomic E-state index is 13.9. The number of nitrogens with zero attached hydrogens (tertiary/aromatic N) is 3. The molecule has 13 heteroatoms. The topological polar surface area (TPSA) is 141 Å². The Kier molecular flexibility index (Phi) is 10.7. The van der Waals surface area contributed by atoms with Gasteiger partial charge in [-0.2, -0.15) is 9.57 Å². The minimum absolute atomic E-state index is 0.0693. The molecular weight excluding hydrogens is 661 g/mol. The molecule has 47 heavy (non-hydrogen) atoms. The Hall–Kier alpha value is -4.21. The number of rotatable bonds is 11. The lowest BCUT2D eigenvalue weighted by Crippen LogP contribution is -2.46. The number of pyridine rings is 1. The van der Waals surface area contributed by atoms with Crippen LogP contribution >= 0.6 is 23.2 Å². The van der Waals surface area contributed by atoms with E-state index in [4.69, 9.17) is 33.2 Å². The molecule has 10 nitrogen and oxygen atoms in total. The highest BCUT2D eigenvalue weighted by atomic mass is 35.5. The van der Waals surface area contributed by atoms with Gasteiger partial charge in [-0.15, -0.1) is 0 Å². The number of ether oxygens (including phenoxy) is 1. The van der Waals surface area contributed by atoms with Gasteiger partial charge in [-0.25, -0.2) is 13.4 Å². The van der Waals surface area contributed by atoms with Gasteiger partial charge in [0.15, 0.2) is 0 Å². The molecule has 244 valence electrons. The average molecular weight is 695 g/mol. The van der Waals surface area contributed by atoms with Gasteiger partial charge in [0.25, 0.3) is 5.91 Å². The molecule has 0 saturated carbocycles. The van der Waals surface area contributed by atoms with Crippen molar-refractivity contribution in [2.24, 2.45) is 0 Å². The average Bonchev–Trinajstić information content (AvgIpc) is 3.56. The second-order valence-corrected chi connectivity index (χ2v) is 13.9. The molecular formula is C34H33Cl2N5O5S. The van der Waals surface area contributed by atoms with Crippen LogP contribution in [-0.4, -0.2) is 55.2 Å². The predicted molar refractivity (Wildman–Crippen MR) is 180 cm³/mol. The summed E-state index contributed by atoms with van der Waals surface area (Å²) in [6.45, 7) is 4.46. The Balaban J connectivity index is 1.23. The molecule has 0 unspecified atom stereocenters. The van der Waals surface area contributed by atoms with Gasteiger partial charge in [0.05, 0.1) is 16.7 Å². The summed E-state index contributed by atoms with van der Waals surface area (Å²) in [4.78, 5) is 30.0. The van der Waals surface area contributed by atoms with Gasteiger partial charge in [-0.05, 0) is 81.1 Å².